The zero-order valence-corrected chi connectivity index (χ0v) is 20.3. The molecule has 1 aliphatic carbocycles. The molecule has 3 aromatic carbocycles. The first-order valence-electron chi connectivity index (χ1n) is 12.1. The topological polar surface area (TPSA) is 130 Å². The molecule has 190 valence electrons. The third-order valence-corrected chi connectivity index (χ3v) is 6.40. The molecule has 0 radical (unpaired) electrons. The number of carbonyl (C=O) groups excluding carboxylic acids is 4. The molecule has 3 N–H and O–H groups in total. The lowest BCUT2D eigenvalue weighted by Gasteiger charge is -2.24. The van der Waals surface area contributed by atoms with E-state index >= 15 is 0 Å². The Bertz CT molecular complexity index is 1360. The van der Waals surface area contributed by atoms with Gasteiger partial charge in [-0.25, -0.2) is 0 Å². The Morgan fingerprint density at radius 3 is 2.24 bits per heavy atom. The maximum Gasteiger partial charge on any atom is 0.310 e. The first-order chi connectivity index (χ1) is 17.8. The van der Waals surface area contributed by atoms with Crippen molar-refractivity contribution in [2.24, 2.45) is 0 Å². The summed E-state index contributed by atoms with van der Waals surface area (Å²) in [7, 11) is 0. The number of hydrogen-bond donors (Lipinski definition) is 3. The lowest BCUT2D eigenvalue weighted by atomic mass is 9.81. The van der Waals surface area contributed by atoms with Gasteiger partial charge in [-0.05, 0) is 36.6 Å². The quantitative estimate of drug-likeness (QED) is 0.123. The molecule has 8 heteroatoms. The van der Waals surface area contributed by atoms with Crippen molar-refractivity contribution in [3.05, 3.63) is 88.0 Å². The number of nitrogens with one attached hydrogen (secondary N) is 1. The lowest BCUT2D eigenvalue weighted by Crippen LogP contribution is -2.22. The van der Waals surface area contributed by atoms with Gasteiger partial charge < -0.3 is 20.3 Å². The standard InChI is InChI=1S/C29H27NO7/c1-2-3-4-9-23(37-24(33)14-17-10-12-18(13-11-17)30-16-31)21-15-22(32)25-26(29(21)36)28(35)20-8-6-5-7-19(20)27(25)34/h5-8,10-13,15-16,23,32,36H,2-4,9,14H2,1H3,(H,30,31). The highest BCUT2D eigenvalue weighted by molar-refractivity contribution is 6.30. The largest absolute Gasteiger partial charge is 0.507 e. The summed E-state index contributed by atoms with van der Waals surface area (Å²) in [6, 6.07) is 14.1. The molecule has 1 aliphatic rings. The molecule has 0 spiro atoms. The van der Waals surface area contributed by atoms with Crippen molar-refractivity contribution in [2.45, 2.75) is 45.1 Å². The first kappa shape index (κ1) is 25.6. The Balaban J connectivity index is 1.65. The number of esters is 1. The summed E-state index contributed by atoms with van der Waals surface area (Å²) in [6.45, 7) is 2.02. The van der Waals surface area contributed by atoms with Crippen LogP contribution in [0, 0.1) is 0 Å². The number of phenolic OH excluding ortho intramolecular Hbond substituents is 2. The number of anilines is 1. The average molecular weight is 502 g/mol. The van der Waals surface area contributed by atoms with E-state index in [-0.39, 0.29) is 34.2 Å². The predicted molar refractivity (Wildman–Crippen MR) is 136 cm³/mol. The number of ketones is 2. The number of fused-ring (bicyclic) bond motifs is 2. The maximum absolute atomic E-state index is 13.2. The van der Waals surface area contributed by atoms with E-state index in [2.05, 4.69) is 5.32 Å². The van der Waals surface area contributed by atoms with E-state index in [1.807, 2.05) is 6.92 Å². The van der Waals surface area contributed by atoms with Gasteiger partial charge in [0.25, 0.3) is 0 Å². The Hall–Kier alpha value is -4.46. The molecule has 0 saturated carbocycles. The molecule has 1 atom stereocenters. The highest BCUT2D eigenvalue weighted by Crippen LogP contribution is 2.43. The van der Waals surface area contributed by atoms with Gasteiger partial charge in [-0.3, -0.25) is 19.2 Å². The van der Waals surface area contributed by atoms with Crippen LogP contribution in [0.4, 0.5) is 5.69 Å². The molecule has 0 aliphatic heterocycles. The van der Waals surface area contributed by atoms with Crippen LogP contribution in [0.2, 0.25) is 0 Å². The molecule has 1 amide bonds. The summed E-state index contributed by atoms with van der Waals surface area (Å²) in [4.78, 5) is 49.7. The summed E-state index contributed by atoms with van der Waals surface area (Å²) in [6.07, 6.45) is 2.34. The van der Waals surface area contributed by atoms with E-state index in [9.17, 15) is 29.4 Å². The van der Waals surface area contributed by atoms with E-state index in [0.29, 0.717) is 30.5 Å². The Labute approximate surface area is 213 Å². The van der Waals surface area contributed by atoms with E-state index in [4.69, 9.17) is 4.74 Å². The van der Waals surface area contributed by atoms with Gasteiger partial charge in [-0.15, -0.1) is 0 Å². The minimum atomic E-state index is -0.939. The van der Waals surface area contributed by atoms with Gasteiger partial charge in [-0.2, -0.15) is 0 Å². The fraction of sp³-hybridized carbons (Fsp3) is 0.241. The zero-order valence-electron chi connectivity index (χ0n) is 20.3. The lowest BCUT2D eigenvalue weighted by molar-refractivity contribution is -0.149. The van der Waals surface area contributed by atoms with Crippen LogP contribution in [0.1, 0.15) is 81.7 Å². The number of ether oxygens (including phenoxy) is 1. The number of benzene rings is 3. The van der Waals surface area contributed by atoms with Crippen LogP contribution >= 0.6 is 0 Å². The Morgan fingerprint density at radius 2 is 1.62 bits per heavy atom. The predicted octanol–water partition coefficient (Wildman–Crippen LogP) is 4.85. The van der Waals surface area contributed by atoms with Gasteiger partial charge in [0.15, 0.2) is 11.6 Å². The van der Waals surface area contributed by atoms with Gasteiger partial charge in [0.05, 0.1) is 17.5 Å². The molecule has 37 heavy (non-hydrogen) atoms. The van der Waals surface area contributed by atoms with Gasteiger partial charge >= 0.3 is 5.97 Å². The van der Waals surface area contributed by atoms with Crippen molar-refractivity contribution < 1.29 is 34.1 Å². The number of carbonyl (C=O) groups is 4. The zero-order chi connectivity index (χ0) is 26.5. The van der Waals surface area contributed by atoms with Gasteiger partial charge in [0, 0.05) is 22.4 Å². The van der Waals surface area contributed by atoms with Gasteiger partial charge in [-0.1, -0.05) is 56.2 Å². The van der Waals surface area contributed by atoms with Crippen LogP contribution in [-0.2, 0) is 20.7 Å². The fourth-order valence-corrected chi connectivity index (χ4v) is 4.53. The number of aromatic hydroxyl groups is 2. The molecule has 0 heterocycles. The van der Waals surface area contributed by atoms with Gasteiger partial charge in [0.2, 0.25) is 6.41 Å². The number of unbranched alkanes of at least 4 members (excludes halogenated alkanes) is 2. The van der Waals surface area contributed by atoms with E-state index in [0.717, 1.165) is 12.8 Å². The van der Waals surface area contributed by atoms with E-state index < -0.39 is 35.1 Å². The Kier molecular flexibility index (Phi) is 7.67. The molecule has 0 aromatic heterocycles. The van der Waals surface area contributed by atoms with Crippen LogP contribution in [0.15, 0.2) is 54.6 Å². The van der Waals surface area contributed by atoms with Crippen LogP contribution in [0.5, 0.6) is 11.5 Å². The number of phenols is 2. The number of amides is 1. The average Bonchev–Trinajstić information content (AvgIpc) is 2.89. The maximum atomic E-state index is 13.2. The molecule has 0 bridgehead atoms. The normalized spacial score (nSPS) is 12.9. The van der Waals surface area contributed by atoms with E-state index in [1.165, 1.54) is 18.2 Å². The number of rotatable bonds is 10. The third kappa shape index (κ3) is 5.23. The highest BCUT2D eigenvalue weighted by Gasteiger charge is 2.37. The first-order valence-corrected chi connectivity index (χ1v) is 12.1. The summed E-state index contributed by atoms with van der Waals surface area (Å²) in [5.74, 6) is -2.63. The molecular formula is C29H27NO7. The molecule has 8 nitrogen and oxygen atoms in total. The fourth-order valence-electron chi connectivity index (χ4n) is 4.53. The third-order valence-electron chi connectivity index (χ3n) is 6.40. The minimum Gasteiger partial charge on any atom is -0.507 e. The smallest absolute Gasteiger partial charge is 0.310 e. The molecule has 4 rings (SSSR count). The minimum absolute atomic E-state index is 0.0614. The SMILES string of the molecule is CCCCCC(OC(=O)Cc1ccc(NC=O)cc1)c1cc(O)c2c(c1O)C(=O)c1ccccc1C2=O. The highest BCUT2D eigenvalue weighted by atomic mass is 16.5. The van der Waals surface area contributed by atoms with Crippen molar-refractivity contribution in [2.75, 3.05) is 5.32 Å². The van der Waals surface area contributed by atoms with Crippen molar-refractivity contribution in [3.63, 3.8) is 0 Å². The second-order valence-electron chi connectivity index (χ2n) is 8.90. The molecule has 1 unspecified atom stereocenters. The summed E-state index contributed by atoms with van der Waals surface area (Å²) >= 11 is 0. The van der Waals surface area contributed by atoms with Crippen molar-refractivity contribution in [1.82, 2.24) is 0 Å². The van der Waals surface area contributed by atoms with E-state index in [1.54, 1.807) is 36.4 Å². The number of hydrogen-bond acceptors (Lipinski definition) is 7. The molecular weight excluding hydrogens is 474 g/mol. The van der Waals surface area contributed by atoms with Crippen LogP contribution < -0.4 is 5.32 Å². The monoisotopic (exact) mass is 501 g/mol. The molecule has 3 aromatic rings. The van der Waals surface area contributed by atoms with Gasteiger partial charge in [0.1, 0.15) is 17.6 Å². The van der Waals surface area contributed by atoms with Crippen LogP contribution in [-0.4, -0.2) is 34.2 Å². The second kappa shape index (κ2) is 11.1. The van der Waals surface area contributed by atoms with Crippen molar-refractivity contribution >= 4 is 29.6 Å². The second-order valence-corrected chi connectivity index (χ2v) is 8.90. The summed E-state index contributed by atoms with van der Waals surface area (Å²) < 4.78 is 5.75. The summed E-state index contributed by atoms with van der Waals surface area (Å²) in [5, 5.41) is 24.5. The van der Waals surface area contributed by atoms with Crippen LogP contribution in [0.3, 0.4) is 0 Å². The van der Waals surface area contributed by atoms with Crippen LogP contribution in [0.25, 0.3) is 0 Å². The van der Waals surface area contributed by atoms with Crippen molar-refractivity contribution in [3.8, 4) is 11.5 Å². The Morgan fingerprint density at radius 1 is 0.973 bits per heavy atom. The molecule has 0 saturated heterocycles. The van der Waals surface area contributed by atoms with Crippen molar-refractivity contribution in [1.29, 1.82) is 0 Å². The summed E-state index contributed by atoms with van der Waals surface area (Å²) in [5.41, 5.74) is 1.07. The molecule has 0 fully saturated rings.